The van der Waals surface area contributed by atoms with Gasteiger partial charge in [0.05, 0.1) is 6.54 Å². The zero-order valence-corrected chi connectivity index (χ0v) is 18.1. The van der Waals surface area contributed by atoms with Crippen molar-refractivity contribution in [2.45, 2.75) is 6.54 Å². The minimum Gasteiger partial charge on any atom is -0.370 e. The second kappa shape index (κ2) is 10.3. The van der Waals surface area contributed by atoms with Gasteiger partial charge in [-0.1, -0.05) is 12.1 Å². The number of hydrogen-bond donors (Lipinski definition) is 2. The highest BCUT2D eigenvalue weighted by Crippen LogP contribution is 2.17. The number of rotatable bonds is 4. The van der Waals surface area contributed by atoms with Crippen molar-refractivity contribution < 1.29 is 9.18 Å². The lowest BCUT2D eigenvalue weighted by molar-refractivity contribution is 0.0963. The number of aliphatic imine (C=N–C) groups is 1. The van der Waals surface area contributed by atoms with E-state index in [1.54, 1.807) is 31.3 Å². The summed E-state index contributed by atoms with van der Waals surface area (Å²) in [5.74, 6) is 0.185. The number of amides is 1. The van der Waals surface area contributed by atoms with Crippen molar-refractivity contribution in [2.75, 3.05) is 38.1 Å². The molecule has 150 valence electrons. The topological polar surface area (TPSA) is 74.0 Å². The molecule has 1 aliphatic heterocycles. The van der Waals surface area contributed by atoms with Gasteiger partial charge in [-0.25, -0.2) is 9.38 Å². The molecule has 28 heavy (non-hydrogen) atoms. The Balaban J connectivity index is 0.00000280. The average molecular weight is 497 g/mol. The summed E-state index contributed by atoms with van der Waals surface area (Å²) in [6, 6.07) is 13.9. The summed E-state index contributed by atoms with van der Waals surface area (Å²) in [5, 5.41) is 2.60. The number of nitrogens with one attached hydrogen (secondary N) is 1. The van der Waals surface area contributed by atoms with Gasteiger partial charge in [-0.15, -0.1) is 24.0 Å². The average Bonchev–Trinajstić information content (AvgIpc) is 2.72. The molecule has 0 unspecified atom stereocenters. The molecule has 3 rings (SSSR count). The fourth-order valence-electron chi connectivity index (χ4n) is 3.02. The standard InChI is InChI=1S/C20H24FN5O.HI/c1-23-19(27)16-4-2-15(3-5-16)14-24-20(22)26-12-10-25(11-13-26)18-8-6-17(21)7-9-18;/h2-9H,10-14H2,1H3,(H2,22,24)(H,23,27);1H. The molecule has 3 N–H and O–H groups in total. The highest BCUT2D eigenvalue weighted by Gasteiger charge is 2.18. The van der Waals surface area contributed by atoms with Gasteiger partial charge in [0.1, 0.15) is 5.82 Å². The highest BCUT2D eigenvalue weighted by molar-refractivity contribution is 14.0. The second-order valence-electron chi connectivity index (χ2n) is 6.40. The molecule has 1 heterocycles. The van der Waals surface area contributed by atoms with Crippen LogP contribution in [0.5, 0.6) is 0 Å². The van der Waals surface area contributed by atoms with E-state index in [9.17, 15) is 9.18 Å². The van der Waals surface area contributed by atoms with E-state index in [4.69, 9.17) is 5.73 Å². The molecular weight excluding hydrogens is 472 g/mol. The normalized spacial score (nSPS) is 14.4. The molecule has 0 aliphatic carbocycles. The first-order valence-corrected chi connectivity index (χ1v) is 8.93. The molecule has 6 nitrogen and oxygen atoms in total. The number of nitrogens with two attached hydrogens (primary N) is 1. The zero-order valence-electron chi connectivity index (χ0n) is 15.8. The summed E-state index contributed by atoms with van der Waals surface area (Å²) in [7, 11) is 1.61. The van der Waals surface area contributed by atoms with Crippen LogP contribution < -0.4 is 16.0 Å². The van der Waals surface area contributed by atoms with Crippen molar-refractivity contribution in [1.82, 2.24) is 10.2 Å². The third-order valence-electron chi connectivity index (χ3n) is 4.66. The number of anilines is 1. The smallest absolute Gasteiger partial charge is 0.251 e. The van der Waals surface area contributed by atoms with Crippen molar-refractivity contribution in [3.8, 4) is 0 Å². The largest absolute Gasteiger partial charge is 0.370 e. The fourth-order valence-corrected chi connectivity index (χ4v) is 3.02. The lowest BCUT2D eigenvalue weighted by atomic mass is 10.1. The van der Waals surface area contributed by atoms with Gasteiger partial charge in [0.25, 0.3) is 5.91 Å². The molecule has 0 bridgehead atoms. The van der Waals surface area contributed by atoms with E-state index in [2.05, 4.69) is 20.1 Å². The Morgan fingerprint density at radius 1 is 1.07 bits per heavy atom. The number of carbonyl (C=O) groups excluding carboxylic acids is 1. The van der Waals surface area contributed by atoms with Crippen LogP contribution in [0.1, 0.15) is 15.9 Å². The van der Waals surface area contributed by atoms with Crippen LogP contribution in [0.2, 0.25) is 0 Å². The molecule has 1 fully saturated rings. The quantitative estimate of drug-likeness (QED) is 0.387. The molecule has 1 aliphatic rings. The molecule has 2 aromatic rings. The maximum absolute atomic E-state index is 13.0. The molecular formula is C20H25FIN5O. The third-order valence-corrected chi connectivity index (χ3v) is 4.66. The first kappa shape index (κ1) is 21.9. The van der Waals surface area contributed by atoms with Crippen molar-refractivity contribution in [3.63, 3.8) is 0 Å². The van der Waals surface area contributed by atoms with Crippen LogP contribution in [0.3, 0.4) is 0 Å². The van der Waals surface area contributed by atoms with E-state index >= 15 is 0 Å². The Morgan fingerprint density at radius 3 is 2.25 bits per heavy atom. The van der Waals surface area contributed by atoms with Gasteiger partial charge >= 0.3 is 0 Å². The molecule has 0 aromatic heterocycles. The van der Waals surface area contributed by atoms with Crippen LogP contribution in [0, 0.1) is 5.82 Å². The van der Waals surface area contributed by atoms with Crippen LogP contribution in [-0.4, -0.2) is 50.0 Å². The molecule has 0 atom stereocenters. The Bertz CT molecular complexity index is 802. The predicted octanol–water partition coefficient (Wildman–Crippen LogP) is 2.44. The van der Waals surface area contributed by atoms with Crippen molar-refractivity contribution in [1.29, 1.82) is 0 Å². The highest BCUT2D eigenvalue weighted by atomic mass is 127. The summed E-state index contributed by atoms with van der Waals surface area (Å²) in [6.45, 7) is 3.62. The van der Waals surface area contributed by atoms with Gasteiger partial charge in [0.2, 0.25) is 0 Å². The van der Waals surface area contributed by atoms with Gasteiger partial charge in [0, 0.05) is 44.5 Å². The van der Waals surface area contributed by atoms with E-state index < -0.39 is 0 Å². The van der Waals surface area contributed by atoms with E-state index in [1.807, 2.05) is 12.1 Å². The van der Waals surface area contributed by atoms with E-state index in [1.165, 1.54) is 12.1 Å². The summed E-state index contributed by atoms with van der Waals surface area (Å²) < 4.78 is 13.0. The molecule has 0 saturated carbocycles. The van der Waals surface area contributed by atoms with Gasteiger partial charge in [-0.2, -0.15) is 0 Å². The molecule has 1 saturated heterocycles. The van der Waals surface area contributed by atoms with Gasteiger partial charge in [-0.3, -0.25) is 4.79 Å². The maximum Gasteiger partial charge on any atom is 0.251 e. The SMILES string of the molecule is CNC(=O)c1ccc(CN=C(N)N2CCN(c3ccc(F)cc3)CC2)cc1.I. The van der Waals surface area contributed by atoms with Crippen LogP contribution in [-0.2, 0) is 6.54 Å². The maximum atomic E-state index is 13.0. The summed E-state index contributed by atoms with van der Waals surface area (Å²) in [5.41, 5.74) is 8.78. The lowest BCUT2D eigenvalue weighted by Gasteiger charge is -2.36. The number of benzene rings is 2. The number of guanidine groups is 1. The first-order chi connectivity index (χ1) is 13.1. The Labute approximate surface area is 181 Å². The number of halogens is 2. The molecule has 0 radical (unpaired) electrons. The number of hydrogen-bond acceptors (Lipinski definition) is 3. The second-order valence-corrected chi connectivity index (χ2v) is 6.40. The molecule has 8 heteroatoms. The summed E-state index contributed by atoms with van der Waals surface area (Å²) in [4.78, 5) is 20.3. The van der Waals surface area contributed by atoms with E-state index in [0.717, 1.165) is 37.4 Å². The van der Waals surface area contributed by atoms with Crippen LogP contribution in [0.25, 0.3) is 0 Å². The molecule has 2 aromatic carbocycles. The summed E-state index contributed by atoms with van der Waals surface area (Å²) >= 11 is 0. The monoisotopic (exact) mass is 497 g/mol. The van der Waals surface area contributed by atoms with Gasteiger partial charge in [-0.05, 0) is 42.0 Å². The Kier molecular flexibility index (Phi) is 8.04. The van der Waals surface area contributed by atoms with Crippen molar-refractivity contribution in [3.05, 3.63) is 65.5 Å². The van der Waals surface area contributed by atoms with Crippen molar-refractivity contribution in [2.24, 2.45) is 10.7 Å². The predicted molar refractivity (Wildman–Crippen MR) is 121 cm³/mol. The minimum atomic E-state index is -0.225. The van der Waals surface area contributed by atoms with Gasteiger partial charge < -0.3 is 20.9 Å². The van der Waals surface area contributed by atoms with Crippen LogP contribution in [0.4, 0.5) is 10.1 Å². The van der Waals surface area contributed by atoms with Crippen molar-refractivity contribution >= 4 is 41.5 Å². The van der Waals surface area contributed by atoms with Gasteiger partial charge in [0.15, 0.2) is 5.96 Å². The van der Waals surface area contributed by atoms with E-state index in [-0.39, 0.29) is 35.7 Å². The minimum absolute atomic E-state index is 0. The fraction of sp³-hybridized carbons (Fsp3) is 0.300. The Hall–Kier alpha value is -2.36. The summed E-state index contributed by atoms with van der Waals surface area (Å²) in [6.07, 6.45) is 0. The first-order valence-electron chi connectivity index (χ1n) is 8.93. The third kappa shape index (κ3) is 5.57. The molecule has 1 amide bonds. The zero-order chi connectivity index (χ0) is 19.2. The number of piperazine rings is 1. The van der Waals surface area contributed by atoms with Crippen LogP contribution >= 0.6 is 24.0 Å². The number of carbonyl (C=O) groups is 1. The lowest BCUT2D eigenvalue weighted by Crippen LogP contribution is -2.51. The number of nitrogens with zero attached hydrogens (tertiary/aromatic N) is 3. The van der Waals surface area contributed by atoms with Crippen LogP contribution in [0.15, 0.2) is 53.5 Å². The van der Waals surface area contributed by atoms with E-state index in [0.29, 0.717) is 18.1 Å². The Morgan fingerprint density at radius 2 is 1.68 bits per heavy atom. The molecule has 0 spiro atoms.